The number of hydrogen-bond donors (Lipinski definition) is 4. The molecule has 182 valence electrons. The third kappa shape index (κ3) is 3.36. The summed E-state index contributed by atoms with van der Waals surface area (Å²) in [5.41, 5.74) is 2.22. The summed E-state index contributed by atoms with van der Waals surface area (Å²) in [5, 5.41) is 40.1. The van der Waals surface area contributed by atoms with Gasteiger partial charge in [-0.15, -0.1) is 0 Å². The van der Waals surface area contributed by atoms with Crippen LogP contribution in [0.25, 0.3) is 0 Å². The summed E-state index contributed by atoms with van der Waals surface area (Å²) in [6.45, 7) is 9.32. The minimum Gasteiger partial charge on any atom is -0.394 e. The zero-order valence-electron chi connectivity index (χ0n) is 19.7. The largest absolute Gasteiger partial charge is 0.394 e. The van der Waals surface area contributed by atoms with Gasteiger partial charge in [0.1, 0.15) is 24.4 Å². The van der Waals surface area contributed by atoms with Crippen LogP contribution in [0.5, 0.6) is 0 Å². The van der Waals surface area contributed by atoms with Gasteiger partial charge in [-0.3, -0.25) is 0 Å². The second kappa shape index (κ2) is 8.03. The second-order valence-corrected chi connectivity index (χ2v) is 12.3. The smallest absolute Gasteiger partial charge is 0.186 e. The van der Waals surface area contributed by atoms with Crippen LogP contribution in [-0.2, 0) is 9.47 Å². The summed E-state index contributed by atoms with van der Waals surface area (Å²) in [6.07, 6.45) is 5.17. The molecule has 4 saturated carbocycles. The van der Waals surface area contributed by atoms with Crippen LogP contribution in [-0.4, -0.2) is 64.3 Å². The van der Waals surface area contributed by atoms with Crippen LogP contribution in [0.15, 0.2) is 12.2 Å². The van der Waals surface area contributed by atoms with Gasteiger partial charge >= 0.3 is 0 Å². The molecule has 5 aliphatic rings. The number of hydrogen-bond acceptors (Lipinski definition) is 6. The van der Waals surface area contributed by atoms with E-state index in [1.807, 2.05) is 0 Å². The van der Waals surface area contributed by atoms with Crippen molar-refractivity contribution in [3.63, 3.8) is 0 Å². The zero-order chi connectivity index (χ0) is 22.9. The average Bonchev–Trinajstić information content (AvgIpc) is 2.99. The highest BCUT2D eigenvalue weighted by atomic mass is 16.7. The van der Waals surface area contributed by atoms with E-state index in [2.05, 4.69) is 20.4 Å². The van der Waals surface area contributed by atoms with Gasteiger partial charge in [0.05, 0.1) is 13.2 Å². The van der Waals surface area contributed by atoms with Gasteiger partial charge in [0.15, 0.2) is 6.29 Å². The number of allylic oxidation sites excluding steroid dienone is 1. The van der Waals surface area contributed by atoms with Crippen molar-refractivity contribution in [2.75, 3.05) is 13.2 Å². The van der Waals surface area contributed by atoms with Gasteiger partial charge in [0, 0.05) is 0 Å². The molecule has 32 heavy (non-hydrogen) atoms. The van der Waals surface area contributed by atoms with E-state index in [4.69, 9.17) is 9.47 Å². The molecule has 0 aromatic carbocycles. The third-order valence-electron chi connectivity index (χ3n) is 10.6. The summed E-state index contributed by atoms with van der Waals surface area (Å²) >= 11 is 0. The first-order chi connectivity index (χ1) is 15.1. The van der Waals surface area contributed by atoms with Gasteiger partial charge in [0.2, 0.25) is 0 Å². The number of aliphatic hydroxyl groups is 4. The molecule has 6 nitrogen and oxygen atoms in total. The molecule has 0 aromatic rings. The van der Waals surface area contributed by atoms with Crippen LogP contribution in [0.2, 0.25) is 0 Å². The minimum atomic E-state index is -1.39. The number of aliphatic hydroxyl groups excluding tert-OH is 4. The van der Waals surface area contributed by atoms with E-state index in [0.717, 1.165) is 18.3 Å². The highest BCUT2D eigenvalue weighted by molar-refractivity contribution is 5.22. The van der Waals surface area contributed by atoms with Crippen LogP contribution < -0.4 is 0 Å². The van der Waals surface area contributed by atoms with E-state index in [9.17, 15) is 20.4 Å². The monoisotopic (exact) mass is 450 g/mol. The van der Waals surface area contributed by atoms with Crippen LogP contribution in [0.3, 0.4) is 0 Å². The molecule has 1 aliphatic heterocycles. The van der Waals surface area contributed by atoms with Crippen molar-refractivity contribution in [3.05, 3.63) is 12.2 Å². The Morgan fingerprint density at radius 1 is 1.00 bits per heavy atom. The zero-order valence-corrected chi connectivity index (χ0v) is 19.7. The molecule has 4 aliphatic carbocycles. The maximum Gasteiger partial charge on any atom is 0.186 e. The van der Waals surface area contributed by atoms with Crippen LogP contribution >= 0.6 is 0 Å². The van der Waals surface area contributed by atoms with Crippen LogP contribution in [0.1, 0.15) is 71.6 Å². The number of rotatable bonds is 4. The first-order valence-electron chi connectivity index (χ1n) is 12.7. The SMILES string of the molecule is C=C1C[C@@]23CCC4[C@](C)(CO[C@@H]5O[C@@H](CO)[C@H](O)[C@@H](O)[C@@H]5O)CCC[C@@]4(C)C2CC[C@@H]1C3. The Hall–Kier alpha value is -0.500. The quantitative estimate of drug-likeness (QED) is 0.492. The Labute approximate surface area is 192 Å². The van der Waals surface area contributed by atoms with Crippen LogP contribution in [0, 0.1) is 34.0 Å². The molecular formula is C26H42O6. The van der Waals surface area contributed by atoms with Gasteiger partial charge in [-0.05, 0) is 85.4 Å². The fourth-order valence-electron chi connectivity index (χ4n) is 9.14. The molecular weight excluding hydrogens is 408 g/mol. The fraction of sp³-hybridized carbons (Fsp3) is 0.923. The lowest BCUT2D eigenvalue weighted by molar-refractivity contribution is -0.310. The first-order valence-corrected chi connectivity index (χ1v) is 12.7. The number of fused-ring (bicyclic) bond motifs is 3. The molecule has 0 aromatic heterocycles. The number of ether oxygens (including phenoxy) is 2. The van der Waals surface area contributed by atoms with Crippen molar-refractivity contribution in [2.24, 2.45) is 34.0 Å². The Bertz CT molecular complexity index is 740. The lowest BCUT2D eigenvalue weighted by Gasteiger charge is -2.64. The molecule has 4 N–H and O–H groups in total. The molecule has 0 amide bonds. The van der Waals surface area contributed by atoms with E-state index in [1.165, 1.54) is 56.9 Å². The van der Waals surface area contributed by atoms with Crippen molar-refractivity contribution in [2.45, 2.75) is 102 Å². The standard InChI is InChI=1S/C26H42O6/c1-15-11-26-10-7-18-24(2,8-4-9-25(18,3)19(26)6-5-16(15)12-26)14-31-23-22(30)21(29)20(28)17(13-27)32-23/h16-23,27-30H,1,4-14H2,2-3H3/t16-,17+,18?,19?,20+,21-,22+,23-,24+,25-,26-/m1/s1. The van der Waals surface area contributed by atoms with Crippen LogP contribution in [0.4, 0.5) is 0 Å². The predicted molar refractivity (Wildman–Crippen MR) is 120 cm³/mol. The maximum absolute atomic E-state index is 10.4. The Balaban J connectivity index is 1.33. The molecule has 1 saturated heterocycles. The van der Waals surface area contributed by atoms with E-state index < -0.39 is 37.3 Å². The van der Waals surface area contributed by atoms with E-state index in [0.29, 0.717) is 23.4 Å². The van der Waals surface area contributed by atoms with E-state index >= 15 is 0 Å². The normalized spacial score (nSPS) is 55.4. The molecule has 6 heteroatoms. The molecule has 0 radical (unpaired) electrons. The summed E-state index contributed by atoms with van der Waals surface area (Å²) in [7, 11) is 0. The van der Waals surface area contributed by atoms with E-state index in [1.54, 1.807) is 0 Å². The minimum absolute atomic E-state index is 0.0279. The Morgan fingerprint density at radius 2 is 1.78 bits per heavy atom. The molecule has 2 unspecified atom stereocenters. The van der Waals surface area contributed by atoms with Crippen molar-refractivity contribution < 1.29 is 29.9 Å². The molecule has 5 rings (SSSR count). The highest BCUT2D eigenvalue weighted by Crippen LogP contribution is 2.72. The lowest BCUT2D eigenvalue weighted by Crippen LogP contribution is -2.60. The molecule has 2 bridgehead atoms. The lowest BCUT2D eigenvalue weighted by atomic mass is 9.41. The van der Waals surface area contributed by atoms with Crippen molar-refractivity contribution in [1.82, 2.24) is 0 Å². The summed E-state index contributed by atoms with van der Waals surface area (Å²) < 4.78 is 11.7. The van der Waals surface area contributed by atoms with Gasteiger partial charge < -0.3 is 29.9 Å². The fourth-order valence-corrected chi connectivity index (χ4v) is 9.14. The van der Waals surface area contributed by atoms with E-state index in [-0.39, 0.29) is 5.41 Å². The summed E-state index contributed by atoms with van der Waals surface area (Å²) in [6, 6.07) is 0. The predicted octanol–water partition coefficient (Wildman–Crippen LogP) is 2.77. The Morgan fingerprint density at radius 3 is 2.53 bits per heavy atom. The maximum atomic E-state index is 10.4. The molecule has 1 heterocycles. The molecule has 1 spiro atoms. The summed E-state index contributed by atoms with van der Waals surface area (Å²) in [5.74, 6) is 2.04. The summed E-state index contributed by atoms with van der Waals surface area (Å²) in [4.78, 5) is 0. The van der Waals surface area contributed by atoms with Gasteiger partial charge in [-0.1, -0.05) is 32.4 Å². The molecule has 11 atom stereocenters. The van der Waals surface area contributed by atoms with Gasteiger partial charge in [0.25, 0.3) is 0 Å². The topological polar surface area (TPSA) is 99.4 Å². The molecule has 5 fully saturated rings. The van der Waals surface area contributed by atoms with Gasteiger partial charge in [-0.25, -0.2) is 0 Å². The Kier molecular flexibility index (Phi) is 5.83. The van der Waals surface area contributed by atoms with Crippen molar-refractivity contribution in [1.29, 1.82) is 0 Å². The second-order valence-electron chi connectivity index (χ2n) is 12.3. The average molecular weight is 451 g/mol. The third-order valence-corrected chi connectivity index (χ3v) is 10.6. The van der Waals surface area contributed by atoms with Crippen molar-refractivity contribution in [3.8, 4) is 0 Å². The first kappa shape index (κ1) is 23.3. The van der Waals surface area contributed by atoms with Crippen molar-refractivity contribution >= 4 is 0 Å². The highest BCUT2D eigenvalue weighted by Gasteiger charge is 2.63. The van der Waals surface area contributed by atoms with Gasteiger partial charge in [-0.2, -0.15) is 0 Å².